The Morgan fingerprint density at radius 2 is 1.78 bits per heavy atom. The van der Waals surface area contributed by atoms with Gasteiger partial charge in [0.15, 0.2) is 0 Å². The van der Waals surface area contributed by atoms with Crippen molar-refractivity contribution in [3.8, 4) is 16.9 Å². The van der Waals surface area contributed by atoms with E-state index in [9.17, 15) is 4.79 Å². The minimum atomic E-state index is 0.219. The monoisotopic (exact) mass is 490 g/mol. The highest BCUT2D eigenvalue weighted by Gasteiger charge is 2.39. The predicted octanol–water partition coefficient (Wildman–Crippen LogP) is 5.99. The molecule has 6 rings (SSSR count). The van der Waals surface area contributed by atoms with E-state index in [0.717, 1.165) is 87.0 Å². The van der Waals surface area contributed by atoms with E-state index < -0.39 is 0 Å². The highest BCUT2D eigenvalue weighted by Crippen LogP contribution is 2.46. The molecule has 0 radical (unpaired) electrons. The zero-order valence-corrected chi connectivity index (χ0v) is 22.5. The van der Waals surface area contributed by atoms with E-state index in [0.29, 0.717) is 18.1 Å². The van der Waals surface area contributed by atoms with Crippen LogP contribution < -0.4 is 9.64 Å². The summed E-state index contributed by atoms with van der Waals surface area (Å²) in [5, 5.41) is 4.83. The Labute approximate surface area is 216 Å². The molecule has 1 unspecified atom stereocenters. The molecule has 0 bridgehead atoms. The predicted molar refractivity (Wildman–Crippen MR) is 144 cm³/mol. The summed E-state index contributed by atoms with van der Waals surface area (Å²) >= 11 is 0. The second-order valence-corrected chi connectivity index (χ2v) is 12.6. The summed E-state index contributed by atoms with van der Waals surface area (Å²) < 4.78 is 8.89. The Hall–Kier alpha value is -2.34. The van der Waals surface area contributed by atoms with Gasteiger partial charge in [-0.1, -0.05) is 0 Å². The minimum absolute atomic E-state index is 0.219. The number of hydrogen-bond donors (Lipinski definition) is 0. The van der Waals surface area contributed by atoms with Crippen molar-refractivity contribution in [2.75, 3.05) is 18.0 Å². The van der Waals surface area contributed by atoms with E-state index in [1.165, 1.54) is 12.0 Å². The third kappa shape index (κ3) is 4.46. The summed E-state index contributed by atoms with van der Waals surface area (Å²) in [5.41, 5.74) is 4.78. The number of hydrogen-bond acceptors (Lipinski definition) is 4. The van der Waals surface area contributed by atoms with Crippen LogP contribution in [0.4, 0.5) is 5.69 Å². The normalized spacial score (nSPS) is 23.9. The third-order valence-electron chi connectivity index (χ3n) is 8.95. The highest BCUT2D eigenvalue weighted by atomic mass is 16.5. The maximum atomic E-state index is 13.2. The second kappa shape index (κ2) is 9.20. The first-order valence-electron chi connectivity index (χ1n) is 14.2. The van der Waals surface area contributed by atoms with E-state index in [1.807, 2.05) is 6.20 Å². The Balaban J connectivity index is 1.31. The van der Waals surface area contributed by atoms with Crippen molar-refractivity contribution in [2.45, 2.75) is 109 Å². The van der Waals surface area contributed by atoms with Gasteiger partial charge in [-0.3, -0.25) is 14.4 Å². The molecular weight excluding hydrogens is 448 g/mol. The average molecular weight is 491 g/mol. The number of benzene rings is 1. The van der Waals surface area contributed by atoms with Crippen LogP contribution in [0.5, 0.6) is 5.75 Å². The number of fused-ring (bicyclic) bond motifs is 1. The second-order valence-electron chi connectivity index (χ2n) is 12.6. The number of likely N-dealkylation sites (tertiary alicyclic amines) is 1. The van der Waals surface area contributed by atoms with Crippen LogP contribution in [0.1, 0.15) is 90.7 Å². The van der Waals surface area contributed by atoms with Gasteiger partial charge >= 0.3 is 0 Å². The van der Waals surface area contributed by atoms with Gasteiger partial charge in [-0.2, -0.15) is 5.10 Å². The summed E-state index contributed by atoms with van der Waals surface area (Å²) in [6, 6.07) is 5.04. The average Bonchev–Trinajstić information content (AvgIpc) is 3.57. The molecule has 1 aromatic carbocycles. The van der Waals surface area contributed by atoms with Gasteiger partial charge in [-0.25, -0.2) is 0 Å². The van der Waals surface area contributed by atoms with Crippen LogP contribution >= 0.6 is 0 Å². The molecule has 0 N–H and O–H groups in total. The number of ether oxygens (including phenoxy) is 1. The van der Waals surface area contributed by atoms with Crippen molar-refractivity contribution < 1.29 is 9.53 Å². The molecule has 4 aliphatic rings. The Bertz CT molecular complexity index is 1120. The summed E-state index contributed by atoms with van der Waals surface area (Å²) in [6.07, 6.45) is 14.3. The molecule has 1 aromatic heterocycles. The van der Waals surface area contributed by atoms with Crippen LogP contribution in [0.3, 0.4) is 0 Å². The molecular formula is C30H42N4O2. The van der Waals surface area contributed by atoms with Crippen LogP contribution in [0.25, 0.3) is 11.1 Å². The molecule has 1 atom stereocenters. The first-order valence-corrected chi connectivity index (χ1v) is 14.2. The maximum Gasteiger partial charge on any atom is 0.230 e. The van der Waals surface area contributed by atoms with Crippen LogP contribution in [0, 0.1) is 5.92 Å². The van der Waals surface area contributed by atoms with Crippen molar-refractivity contribution >= 4 is 11.6 Å². The third-order valence-corrected chi connectivity index (χ3v) is 8.95. The highest BCUT2D eigenvalue weighted by molar-refractivity contribution is 5.99. The minimum Gasteiger partial charge on any atom is -0.489 e. The molecule has 6 heteroatoms. The Morgan fingerprint density at radius 1 is 1.03 bits per heavy atom. The molecule has 2 saturated carbocycles. The van der Waals surface area contributed by atoms with Gasteiger partial charge in [0.2, 0.25) is 5.91 Å². The number of carbonyl (C=O) groups excluding carboxylic acids is 1. The zero-order valence-electron chi connectivity index (χ0n) is 22.5. The number of amides is 1. The molecule has 2 aliphatic heterocycles. The van der Waals surface area contributed by atoms with E-state index in [1.54, 1.807) is 0 Å². The lowest BCUT2D eigenvalue weighted by molar-refractivity contribution is -0.120. The maximum absolute atomic E-state index is 13.2. The summed E-state index contributed by atoms with van der Waals surface area (Å²) in [6.45, 7) is 11.3. The number of nitrogens with zero attached hydrogens (tertiary/aromatic N) is 4. The van der Waals surface area contributed by atoms with Gasteiger partial charge < -0.3 is 9.64 Å². The van der Waals surface area contributed by atoms with Gasteiger partial charge in [0.25, 0.3) is 0 Å². The quantitative estimate of drug-likeness (QED) is 0.516. The van der Waals surface area contributed by atoms with Gasteiger partial charge in [0.05, 0.1) is 24.0 Å². The van der Waals surface area contributed by atoms with Crippen molar-refractivity contribution in [1.82, 2.24) is 14.7 Å². The molecule has 6 nitrogen and oxygen atoms in total. The molecule has 3 heterocycles. The number of anilines is 1. The molecule has 1 amide bonds. The van der Waals surface area contributed by atoms with Gasteiger partial charge in [-0.15, -0.1) is 0 Å². The van der Waals surface area contributed by atoms with E-state index in [-0.39, 0.29) is 17.5 Å². The van der Waals surface area contributed by atoms with Gasteiger partial charge in [0, 0.05) is 53.5 Å². The first-order chi connectivity index (χ1) is 17.3. The van der Waals surface area contributed by atoms with Crippen molar-refractivity contribution in [2.24, 2.45) is 5.92 Å². The first kappa shape index (κ1) is 24.0. The van der Waals surface area contributed by atoms with Crippen LogP contribution in [-0.2, 0) is 11.2 Å². The molecule has 36 heavy (non-hydrogen) atoms. The Kier molecular flexibility index (Phi) is 6.14. The van der Waals surface area contributed by atoms with Crippen LogP contribution in [0.2, 0.25) is 0 Å². The van der Waals surface area contributed by atoms with Crippen molar-refractivity contribution in [3.63, 3.8) is 0 Å². The molecule has 1 saturated heterocycles. The number of aromatic nitrogens is 2. The van der Waals surface area contributed by atoms with Crippen LogP contribution in [0.15, 0.2) is 24.5 Å². The number of rotatable bonds is 5. The fraction of sp³-hybridized carbons (Fsp3) is 0.667. The van der Waals surface area contributed by atoms with Crippen molar-refractivity contribution in [1.29, 1.82) is 0 Å². The van der Waals surface area contributed by atoms with Gasteiger partial charge in [-0.05, 0) is 97.6 Å². The fourth-order valence-electron chi connectivity index (χ4n) is 6.16. The Morgan fingerprint density at radius 3 is 2.42 bits per heavy atom. The zero-order chi connectivity index (χ0) is 25.0. The smallest absolute Gasteiger partial charge is 0.230 e. The number of piperidine rings is 1. The number of carbonyl (C=O) groups is 1. The summed E-state index contributed by atoms with van der Waals surface area (Å²) in [4.78, 5) is 17.9. The molecule has 0 spiro atoms. The lowest BCUT2D eigenvalue weighted by atomic mass is 9.91. The standard InChI is InChI=1S/C30H42N4O2/c1-20-8-11-26-27(34(20)29(35)21-9-10-21)13-12-25(28(26)36-24-6-5-7-24)22-18-31-33(19-22)23-14-16-32(17-15-23)30(2,3)4/h12-13,18-21,23-24H,5-11,14-17H2,1-4H3. The molecule has 194 valence electrons. The SMILES string of the molecule is CC1CCc2c(ccc(-c3cnn(C4CCN(C(C)(C)C)CC4)c3)c2OC2CCC2)N1C(=O)C1CC1. The van der Waals surface area contributed by atoms with Crippen LogP contribution in [-0.4, -0.2) is 51.4 Å². The summed E-state index contributed by atoms with van der Waals surface area (Å²) in [5.74, 6) is 1.53. The summed E-state index contributed by atoms with van der Waals surface area (Å²) in [7, 11) is 0. The molecule has 3 fully saturated rings. The van der Waals surface area contributed by atoms with E-state index >= 15 is 0 Å². The van der Waals surface area contributed by atoms with E-state index in [4.69, 9.17) is 9.84 Å². The van der Waals surface area contributed by atoms with E-state index in [2.05, 4.69) is 60.5 Å². The lowest BCUT2D eigenvalue weighted by Crippen LogP contribution is -2.46. The topological polar surface area (TPSA) is 50.6 Å². The van der Waals surface area contributed by atoms with Crippen molar-refractivity contribution in [3.05, 3.63) is 30.1 Å². The largest absolute Gasteiger partial charge is 0.489 e. The fourth-order valence-corrected chi connectivity index (χ4v) is 6.16. The molecule has 2 aliphatic carbocycles. The lowest BCUT2D eigenvalue weighted by Gasteiger charge is -2.40. The van der Waals surface area contributed by atoms with Gasteiger partial charge in [0.1, 0.15) is 5.75 Å². The molecule has 2 aromatic rings.